The molecule has 0 aliphatic carbocycles. The van der Waals surface area contributed by atoms with Crippen LogP contribution in [0, 0.1) is 5.92 Å². The summed E-state index contributed by atoms with van der Waals surface area (Å²) in [6.45, 7) is 3.30. The van der Waals surface area contributed by atoms with Crippen molar-refractivity contribution < 1.29 is 14.4 Å². The quantitative estimate of drug-likeness (QED) is 0.814. The van der Waals surface area contributed by atoms with Gasteiger partial charge in [-0.25, -0.2) is 0 Å². The number of likely N-dealkylation sites (tertiary alicyclic amines) is 1. The van der Waals surface area contributed by atoms with E-state index < -0.39 is 0 Å². The maximum atomic E-state index is 13.2. The van der Waals surface area contributed by atoms with Gasteiger partial charge in [0.15, 0.2) is 5.78 Å². The molecule has 1 unspecified atom stereocenters. The van der Waals surface area contributed by atoms with Gasteiger partial charge in [0, 0.05) is 11.5 Å². The van der Waals surface area contributed by atoms with Crippen molar-refractivity contribution in [3.05, 3.63) is 60.2 Å². The topological polar surface area (TPSA) is 69.7 Å². The summed E-state index contributed by atoms with van der Waals surface area (Å²) in [4.78, 5) is 41.6. The number of amides is 2. The van der Waals surface area contributed by atoms with E-state index in [9.17, 15) is 14.4 Å². The second-order valence-corrected chi connectivity index (χ2v) is 7.71. The predicted octanol–water partition coefficient (Wildman–Crippen LogP) is 2.96. The molecular weight excluding hydrogens is 366 g/mol. The van der Waals surface area contributed by atoms with E-state index in [2.05, 4.69) is 10.2 Å². The molecule has 1 saturated heterocycles. The second-order valence-electron chi connectivity index (χ2n) is 7.71. The fourth-order valence-electron chi connectivity index (χ4n) is 4.20. The Balaban J connectivity index is 1.41. The lowest BCUT2D eigenvalue weighted by molar-refractivity contribution is -0.125. The van der Waals surface area contributed by atoms with Gasteiger partial charge >= 0.3 is 0 Å². The molecule has 4 rings (SSSR count). The first-order chi connectivity index (χ1) is 14.0. The minimum absolute atomic E-state index is 0.00237. The summed E-state index contributed by atoms with van der Waals surface area (Å²) in [5.41, 5.74) is 2.15. The van der Waals surface area contributed by atoms with Crippen LogP contribution in [0.4, 0.5) is 11.4 Å². The molecule has 1 N–H and O–H groups in total. The fraction of sp³-hybridized carbons (Fsp3) is 0.348. The molecule has 0 radical (unpaired) electrons. The van der Waals surface area contributed by atoms with Gasteiger partial charge in [0.2, 0.25) is 11.8 Å². The fourth-order valence-corrected chi connectivity index (χ4v) is 4.20. The van der Waals surface area contributed by atoms with Gasteiger partial charge < -0.3 is 5.32 Å². The summed E-state index contributed by atoms with van der Waals surface area (Å²) in [6, 6.07) is 16.4. The molecule has 2 aliphatic rings. The molecule has 150 valence electrons. The number of para-hydroxylation sites is 2. The molecule has 2 aliphatic heterocycles. The van der Waals surface area contributed by atoms with Crippen LogP contribution in [0.2, 0.25) is 0 Å². The summed E-state index contributed by atoms with van der Waals surface area (Å²) < 4.78 is 0. The molecule has 0 bridgehead atoms. The summed E-state index contributed by atoms with van der Waals surface area (Å²) in [5, 5.41) is 2.81. The number of Topliss-reactive ketones (excluding diaryl/α,β-unsaturated/α-hetero) is 1. The molecule has 2 amide bonds. The molecule has 0 spiro atoms. The maximum absolute atomic E-state index is 13.2. The lowest BCUT2D eigenvalue weighted by atomic mass is 9.88. The highest BCUT2D eigenvalue weighted by Crippen LogP contribution is 2.30. The molecule has 2 aromatic rings. The van der Waals surface area contributed by atoms with Gasteiger partial charge in [0.05, 0.1) is 17.4 Å². The Morgan fingerprint density at radius 1 is 1.00 bits per heavy atom. The highest BCUT2D eigenvalue weighted by molar-refractivity contribution is 6.11. The molecule has 6 nitrogen and oxygen atoms in total. The van der Waals surface area contributed by atoms with Gasteiger partial charge in [-0.05, 0) is 45.0 Å². The zero-order chi connectivity index (χ0) is 20.4. The Bertz CT molecular complexity index is 920. The molecule has 1 atom stereocenters. The number of piperidine rings is 1. The van der Waals surface area contributed by atoms with Crippen molar-refractivity contribution in [2.24, 2.45) is 5.92 Å². The van der Waals surface area contributed by atoms with Gasteiger partial charge in [-0.2, -0.15) is 0 Å². The normalized spacial score (nSPS) is 18.7. The molecule has 6 heteroatoms. The standard InChI is InChI=1S/C23H25N3O3/c1-16(23(29)26-15-21(27)24-19-9-5-6-10-20(19)26)25-13-11-18(12-14-25)22(28)17-7-3-2-4-8-17/h2-10,16,18H,11-15H2,1H3,(H,24,27). The Kier molecular flexibility index (Phi) is 5.45. The monoisotopic (exact) mass is 391 g/mol. The molecule has 29 heavy (non-hydrogen) atoms. The number of benzene rings is 2. The smallest absolute Gasteiger partial charge is 0.244 e. The number of hydrogen-bond acceptors (Lipinski definition) is 4. The van der Waals surface area contributed by atoms with E-state index in [-0.39, 0.29) is 36.1 Å². The van der Waals surface area contributed by atoms with Crippen LogP contribution in [-0.4, -0.2) is 48.2 Å². The first-order valence-electron chi connectivity index (χ1n) is 10.1. The third-order valence-corrected chi connectivity index (χ3v) is 5.90. The van der Waals surface area contributed by atoms with Crippen molar-refractivity contribution in [1.82, 2.24) is 4.90 Å². The average Bonchev–Trinajstić information content (AvgIpc) is 2.77. The highest BCUT2D eigenvalue weighted by atomic mass is 16.2. The van der Waals surface area contributed by atoms with E-state index >= 15 is 0 Å². The number of hydrogen-bond donors (Lipinski definition) is 1. The minimum Gasteiger partial charge on any atom is -0.323 e. The first-order valence-corrected chi connectivity index (χ1v) is 10.1. The third-order valence-electron chi connectivity index (χ3n) is 5.90. The maximum Gasteiger partial charge on any atom is 0.244 e. The van der Waals surface area contributed by atoms with Crippen LogP contribution < -0.4 is 10.2 Å². The summed E-state index contributed by atoms with van der Waals surface area (Å²) in [7, 11) is 0. The van der Waals surface area contributed by atoms with E-state index in [1.807, 2.05) is 55.5 Å². The number of carbonyl (C=O) groups is 3. The van der Waals surface area contributed by atoms with Crippen LogP contribution in [0.3, 0.4) is 0 Å². The number of carbonyl (C=O) groups excluding carboxylic acids is 3. The minimum atomic E-state index is -0.346. The molecule has 2 heterocycles. The van der Waals surface area contributed by atoms with E-state index in [0.29, 0.717) is 18.8 Å². The number of fused-ring (bicyclic) bond motifs is 1. The van der Waals surface area contributed by atoms with Crippen molar-refractivity contribution in [1.29, 1.82) is 0 Å². The number of ketones is 1. The number of rotatable bonds is 4. The zero-order valence-corrected chi connectivity index (χ0v) is 16.5. The molecule has 0 aromatic heterocycles. The van der Waals surface area contributed by atoms with E-state index in [0.717, 1.165) is 24.1 Å². The summed E-state index contributed by atoms with van der Waals surface area (Å²) >= 11 is 0. The Labute approximate surface area is 170 Å². The molecule has 0 saturated carbocycles. The lowest BCUT2D eigenvalue weighted by Gasteiger charge is -2.38. The van der Waals surface area contributed by atoms with Crippen LogP contribution in [-0.2, 0) is 9.59 Å². The number of anilines is 2. The predicted molar refractivity (Wildman–Crippen MR) is 112 cm³/mol. The van der Waals surface area contributed by atoms with Crippen molar-refractivity contribution in [2.45, 2.75) is 25.8 Å². The third kappa shape index (κ3) is 3.93. The van der Waals surface area contributed by atoms with Gasteiger partial charge in [-0.1, -0.05) is 42.5 Å². The van der Waals surface area contributed by atoms with Crippen LogP contribution in [0.15, 0.2) is 54.6 Å². The van der Waals surface area contributed by atoms with Crippen molar-refractivity contribution in [2.75, 3.05) is 29.9 Å². The van der Waals surface area contributed by atoms with Gasteiger partial charge in [-0.3, -0.25) is 24.2 Å². The zero-order valence-electron chi connectivity index (χ0n) is 16.5. The van der Waals surface area contributed by atoms with Crippen molar-refractivity contribution in [3.8, 4) is 0 Å². The highest BCUT2D eigenvalue weighted by Gasteiger charge is 2.34. The Morgan fingerprint density at radius 3 is 2.38 bits per heavy atom. The van der Waals surface area contributed by atoms with Gasteiger partial charge in [-0.15, -0.1) is 0 Å². The van der Waals surface area contributed by atoms with E-state index in [4.69, 9.17) is 0 Å². The van der Waals surface area contributed by atoms with Crippen molar-refractivity contribution >= 4 is 29.0 Å². The van der Waals surface area contributed by atoms with E-state index in [1.54, 1.807) is 11.0 Å². The summed E-state index contributed by atoms with van der Waals surface area (Å²) in [6.07, 6.45) is 1.48. The largest absolute Gasteiger partial charge is 0.323 e. The SMILES string of the molecule is CC(C(=O)N1CC(=O)Nc2ccccc21)N1CCC(C(=O)c2ccccc2)CC1. The van der Waals surface area contributed by atoms with E-state index in [1.165, 1.54) is 0 Å². The molecule has 1 fully saturated rings. The number of nitrogens with one attached hydrogen (secondary N) is 1. The Morgan fingerprint density at radius 2 is 1.66 bits per heavy atom. The van der Waals surface area contributed by atoms with Gasteiger partial charge in [0.25, 0.3) is 0 Å². The molecular formula is C23H25N3O3. The summed E-state index contributed by atoms with van der Waals surface area (Å²) in [5.74, 6) is -0.0835. The lowest BCUT2D eigenvalue weighted by Crippen LogP contribution is -2.53. The van der Waals surface area contributed by atoms with Crippen LogP contribution in [0.25, 0.3) is 0 Å². The van der Waals surface area contributed by atoms with Crippen LogP contribution in [0.1, 0.15) is 30.1 Å². The second kappa shape index (κ2) is 8.17. The number of nitrogens with zero attached hydrogens (tertiary/aromatic N) is 2. The van der Waals surface area contributed by atoms with Gasteiger partial charge in [0.1, 0.15) is 6.54 Å². The molecule has 2 aromatic carbocycles. The van der Waals surface area contributed by atoms with Crippen molar-refractivity contribution in [3.63, 3.8) is 0 Å². The van der Waals surface area contributed by atoms with Crippen LogP contribution in [0.5, 0.6) is 0 Å². The average molecular weight is 391 g/mol. The van der Waals surface area contributed by atoms with Crippen LogP contribution >= 0.6 is 0 Å². The Hall–Kier alpha value is -2.99. The first kappa shape index (κ1) is 19.3.